The zero-order valence-corrected chi connectivity index (χ0v) is 12.2. The molecule has 0 atom stereocenters. The Morgan fingerprint density at radius 1 is 0.684 bits per heavy atom. The van der Waals surface area contributed by atoms with Gasteiger partial charge in [-0.25, -0.2) is 0 Å². The highest BCUT2D eigenvalue weighted by Crippen LogP contribution is 2.38. The van der Waals surface area contributed by atoms with Crippen LogP contribution in [0, 0.1) is 0 Å². The van der Waals surface area contributed by atoms with Gasteiger partial charge in [0.1, 0.15) is 0 Å². The first-order valence-electron chi connectivity index (χ1n) is 6.46. The third kappa shape index (κ3) is 3.62. The summed E-state index contributed by atoms with van der Waals surface area (Å²) in [5.41, 5.74) is 2.54. The first kappa shape index (κ1) is 13.7. The first-order valence-corrected chi connectivity index (χ1v) is 7.28. The molecule has 0 aliphatic rings. The number of hydrogen-bond acceptors (Lipinski definition) is 1. The van der Waals surface area contributed by atoms with Crippen molar-refractivity contribution < 1.29 is 0 Å². The van der Waals surface area contributed by atoms with E-state index < -0.39 is 0 Å². The van der Waals surface area contributed by atoms with Crippen LogP contribution in [0.1, 0.15) is 25.0 Å². The Hall–Kier alpha value is -1.73. The van der Waals surface area contributed by atoms with Crippen molar-refractivity contribution >= 4 is 21.6 Å². The number of benzene rings is 2. The van der Waals surface area contributed by atoms with Crippen LogP contribution in [0.25, 0.3) is 9.81 Å². The van der Waals surface area contributed by atoms with Crippen LogP contribution >= 0.6 is 11.8 Å². The predicted molar refractivity (Wildman–Crippen MR) is 87.8 cm³/mol. The van der Waals surface area contributed by atoms with Crippen molar-refractivity contribution in [3.8, 4) is 0 Å². The van der Waals surface area contributed by atoms with Crippen LogP contribution in [0.5, 0.6) is 0 Å². The predicted octanol–water partition coefficient (Wildman–Crippen LogP) is 5.84. The summed E-state index contributed by atoms with van der Waals surface area (Å²) in [5, 5.41) is 0. The molecule has 0 saturated heterocycles. The average Bonchev–Trinajstić information content (AvgIpc) is 2.50. The van der Waals surface area contributed by atoms with E-state index in [0.29, 0.717) is 0 Å². The van der Waals surface area contributed by atoms with Crippen molar-refractivity contribution in [2.24, 2.45) is 0 Å². The standard InChI is InChI=1S/C18H18S/c1-3-17(15-11-7-5-8-12-15)19-18(4-2)16-13-9-6-10-14-16/h3-14H,1-2H3. The van der Waals surface area contributed by atoms with E-state index in [1.165, 1.54) is 20.9 Å². The normalized spacial score (nSPS) is 12.5. The molecule has 0 nitrogen and oxygen atoms in total. The lowest BCUT2D eigenvalue weighted by atomic mass is 10.2. The van der Waals surface area contributed by atoms with E-state index in [-0.39, 0.29) is 0 Å². The van der Waals surface area contributed by atoms with E-state index in [9.17, 15) is 0 Å². The second-order valence-corrected chi connectivity index (χ2v) is 5.22. The first-order chi connectivity index (χ1) is 9.35. The van der Waals surface area contributed by atoms with Crippen molar-refractivity contribution in [1.29, 1.82) is 0 Å². The lowest BCUT2D eigenvalue weighted by molar-refractivity contribution is 1.62. The van der Waals surface area contributed by atoms with Gasteiger partial charge in [-0.05, 0) is 25.0 Å². The molecule has 2 aromatic rings. The van der Waals surface area contributed by atoms with E-state index in [1.807, 2.05) is 11.8 Å². The van der Waals surface area contributed by atoms with Crippen LogP contribution in [-0.4, -0.2) is 0 Å². The maximum absolute atomic E-state index is 2.17. The van der Waals surface area contributed by atoms with E-state index in [2.05, 4.69) is 86.7 Å². The maximum atomic E-state index is 2.17. The molecule has 0 saturated carbocycles. The Morgan fingerprint density at radius 2 is 1.05 bits per heavy atom. The van der Waals surface area contributed by atoms with Gasteiger partial charge in [0.25, 0.3) is 0 Å². The average molecular weight is 266 g/mol. The smallest absolute Gasteiger partial charge is 0.0152 e. The summed E-state index contributed by atoms with van der Waals surface area (Å²) in [5.74, 6) is 0. The second-order valence-electron chi connectivity index (χ2n) is 4.14. The molecule has 0 aromatic heterocycles. The van der Waals surface area contributed by atoms with Crippen LogP contribution in [0.4, 0.5) is 0 Å². The summed E-state index contributed by atoms with van der Waals surface area (Å²) >= 11 is 1.82. The highest BCUT2D eigenvalue weighted by Gasteiger charge is 2.06. The van der Waals surface area contributed by atoms with Crippen molar-refractivity contribution in [1.82, 2.24) is 0 Å². The quantitative estimate of drug-likeness (QED) is 0.669. The molecule has 0 spiro atoms. The van der Waals surface area contributed by atoms with E-state index in [0.717, 1.165) is 0 Å². The Balaban J connectivity index is 2.24. The Kier molecular flexibility index (Phi) is 5.05. The van der Waals surface area contributed by atoms with Gasteiger partial charge in [0.05, 0.1) is 0 Å². The zero-order valence-electron chi connectivity index (χ0n) is 11.3. The van der Waals surface area contributed by atoms with E-state index in [1.54, 1.807) is 0 Å². The second kappa shape index (κ2) is 7.01. The van der Waals surface area contributed by atoms with Crippen molar-refractivity contribution in [3.63, 3.8) is 0 Å². The summed E-state index contributed by atoms with van der Waals surface area (Å²) in [4.78, 5) is 2.58. The summed E-state index contributed by atoms with van der Waals surface area (Å²) in [6, 6.07) is 21.0. The van der Waals surface area contributed by atoms with Crippen molar-refractivity contribution in [2.45, 2.75) is 13.8 Å². The van der Waals surface area contributed by atoms with Gasteiger partial charge in [0.2, 0.25) is 0 Å². The zero-order chi connectivity index (χ0) is 13.5. The fourth-order valence-electron chi connectivity index (χ4n) is 1.89. The Bertz CT molecular complexity index is 512. The van der Waals surface area contributed by atoms with Gasteiger partial charge in [-0.15, -0.1) is 0 Å². The molecule has 96 valence electrons. The van der Waals surface area contributed by atoms with Crippen LogP contribution in [-0.2, 0) is 0 Å². The molecule has 0 aliphatic carbocycles. The summed E-state index contributed by atoms with van der Waals surface area (Å²) in [6.45, 7) is 4.18. The van der Waals surface area contributed by atoms with E-state index in [4.69, 9.17) is 0 Å². The molecule has 1 heteroatoms. The lowest BCUT2D eigenvalue weighted by Gasteiger charge is -2.10. The monoisotopic (exact) mass is 266 g/mol. The largest absolute Gasteiger partial charge is 0.0895 e. The van der Waals surface area contributed by atoms with Gasteiger partial charge in [0.15, 0.2) is 0 Å². The van der Waals surface area contributed by atoms with Gasteiger partial charge in [0, 0.05) is 9.81 Å². The molecule has 0 amide bonds. The van der Waals surface area contributed by atoms with E-state index >= 15 is 0 Å². The molecule has 0 N–H and O–H groups in total. The SMILES string of the molecule is CC=C(SC(=CC)c1ccccc1)c1ccccc1. The molecule has 0 unspecified atom stereocenters. The minimum absolute atomic E-state index is 1.27. The molecule has 19 heavy (non-hydrogen) atoms. The number of hydrogen-bond donors (Lipinski definition) is 0. The molecule has 2 aromatic carbocycles. The highest BCUT2D eigenvalue weighted by molar-refractivity contribution is 8.16. The van der Waals surface area contributed by atoms with Gasteiger partial charge in [-0.3, -0.25) is 0 Å². The molecule has 0 aliphatic heterocycles. The third-order valence-corrected chi connectivity index (χ3v) is 4.24. The van der Waals surface area contributed by atoms with Gasteiger partial charge >= 0.3 is 0 Å². The molecule has 0 heterocycles. The van der Waals surface area contributed by atoms with Crippen LogP contribution < -0.4 is 0 Å². The van der Waals surface area contributed by atoms with Gasteiger partial charge in [-0.2, -0.15) is 0 Å². The Labute approximate surface area is 119 Å². The maximum Gasteiger partial charge on any atom is 0.0152 e. The van der Waals surface area contributed by atoms with Crippen molar-refractivity contribution in [2.75, 3.05) is 0 Å². The Morgan fingerprint density at radius 3 is 1.37 bits per heavy atom. The fraction of sp³-hybridized carbons (Fsp3) is 0.111. The summed E-state index contributed by atoms with van der Waals surface area (Å²) in [6.07, 6.45) is 4.35. The topological polar surface area (TPSA) is 0 Å². The molecule has 0 fully saturated rings. The van der Waals surface area contributed by atoms with Crippen LogP contribution in [0.3, 0.4) is 0 Å². The lowest BCUT2D eigenvalue weighted by Crippen LogP contribution is -1.83. The minimum atomic E-state index is 1.27. The molecular formula is C18H18S. The molecule has 0 radical (unpaired) electrons. The van der Waals surface area contributed by atoms with Crippen LogP contribution in [0.2, 0.25) is 0 Å². The summed E-state index contributed by atoms with van der Waals surface area (Å²) < 4.78 is 0. The molecule has 2 rings (SSSR count). The molecular weight excluding hydrogens is 248 g/mol. The fourth-order valence-corrected chi connectivity index (χ4v) is 2.87. The summed E-state index contributed by atoms with van der Waals surface area (Å²) in [7, 11) is 0. The van der Waals surface area contributed by atoms with Gasteiger partial charge in [-0.1, -0.05) is 84.6 Å². The minimum Gasteiger partial charge on any atom is -0.0895 e. The number of allylic oxidation sites excluding steroid dienone is 2. The van der Waals surface area contributed by atoms with Crippen molar-refractivity contribution in [3.05, 3.63) is 83.9 Å². The number of thioether (sulfide) groups is 1. The number of rotatable bonds is 4. The third-order valence-electron chi connectivity index (χ3n) is 2.86. The highest BCUT2D eigenvalue weighted by atomic mass is 32.2. The van der Waals surface area contributed by atoms with Crippen LogP contribution in [0.15, 0.2) is 72.8 Å². The van der Waals surface area contributed by atoms with Gasteiger partial charge < -0.3 is 0 Å². The molecule has 0 bridgehead atoms.